The second kappa shape index (κ2) is 6.36. The molecule has 0 saturated carbocycles. The molecule has 0 fully saturated rings. The zero-order valence-electron chi connectivity index (χ0n) is 12.6. The summed E-state index contributed by atoms with van der Waals surface area (Å²) in [7, 11) is 1.93. The van der Waals surface area contributed by atoms with Gasteiger partial charge >= 0.3 is 0 Å². The van der Waals surface area contributed by atoms with Crippen LogP contribution < -0.4 is 10.6 Å². The fraction of sp³-hybridized carbons (Fsp3) is 0.500. The zero-order chi connectivity index (χ0) is 14.5. The Morgan fingerprint density at radius 1 is 1.25 bits per heavy atom. The van der Waals surface area contributed by atoms with Crippen LogP contribution in [0.5, 0.6) is 0 Å². The number of anilines is 2. The van der Waals surface area contributed by atoms with E-state index in [0.29, 0.717) is 12.5 Å². The molecule has 0 amide bonds. The molecule has 2 N–H and O–H groups in total. The summed E-state index contributed by atoms with van der Waals surface area (Å²) < 4.78 is 1.83. The smallest absolute Gasteiger partial charge is 0.224 e. The lowest BCUT2D eigenvalue weighted by Gasteiger charge is -2.10. The molecule has 0 saturated heterocycles. The Kier molecular flexibility index (Phi) is 4.55. The molecule has 0 atom stereocenters. The molecule has 0 bridgehead atoms. The van der Waals surface area contributed by atoms with Crippen molar-refractivity contribution in [2.45, 2.75) is 33.7 Å². The lowest BCUT2D eigenvalue weighted by Crippen LogP contribution is -2.09. The molecule has 2 heterocycles. The molecule has 6 nitrogen and oxygen atoms in total. The third kappa shape index (κ3) is 3.46. The first-order chi connectivity index (χ1) is 9.60. The Hall–Kier alpha value is -2.11. The molecule has 0 aliphatic carbocycles. The highest BCUT2D eigenvalue weighted by Gasteiger charge is 2.06. The predicted molar refractivity (Wildman–Crippen MR) is 80.8 cm³/mol. The molecule has 0 aliphatic rings. The van der Waals surface area contributed by atoms with E-state index in [1.54, 1.807) is 0 Å². The van der Waals surface area contributed by atoms with Gasteiger partial charge in [-0.2, -0.15) is 10.1 Å². The zero-order valence-corrected chi connectivity index (χ0v) is 12.6. The number of nitrogens with zero attached hydrogens (tertiary/aromatic N) is 4. The third-order valence-electron chi connectivity index (χ3n) is 3.07. The highest BCUT2D eigenvalue weighted by molar-refractivity contribution is 5.46. The number of hydrogen-bond donors (Lipinski definition) is 2. The quantitative estimate of drug-likeness (QED) is 0.845. The first kappa shape index (κ1) is 14.3. The van der Waals surface area contributed by atoms with Gasteiger partial charge < -0.3 is 10.6 Å². The first-order valence-electron chi connectivity index (χ1n) is 6.90. The molecule has 0 aromatic carbocycles. The van der Waals surface area contributed by atoms with E-state index in [2.05, 4.69) is 32.6 Å². The van der Waals surface area contributed by atoms with E-state index in [1.165, 1.54) is 5.56 Å². The number of rotatable bonds is 6. The van der Waals surface area contributed by atoms with Crippen molar-refractivity contribution >= 4 is 11.8 Å². The van der Waals surface area contributed by atoms with E-state index in [-0.39, 0.29) is 0 Å². The summed E-state index contributed by atoms with van der Waals surface area (Å²) in [5.41, 5.74) is 3.25. The maximum absolute atomic E-state index is 4.50. The van der Waals surface area contributed by atoms with Crippen LogP contribution in [0.3, 0.4) is 0 Å². The molecule has 0 radical (unpaired) electrons. The van der Waals surface area contributed by atoms with E-state index < -0.39 is 0 Å². The van der Waals surface area contributed by atoms with E-state index in [9.17, 15) is 0 Å². The van der Waals surface area contributed by atoms with Gasteiger partial charge in [-0.25, -0.2) is 4.98 Å². The SMILES string of the molecule is CCCNc1ncc(C)c(NCc2cn(C)nc2C)n1. The maximum atomic E-state index is 4.50. The van der Waals surface area contributed by atoms with Crippen molar-refractivity contribution in [2.24, 2.45) is 7.05 Å². The van der Waals surface area contributed by atoms with Gasteiger partial charge in [-0.3, -0.25) is 4.68 Å². The number of aromatic nitrogens is 4. The maximum Gasteiger partial charge on any atom is 0.224 e. The minimum Gasteiger partial charge on any atom is -0.365 e. The Bertz CT molecular complexity index is 575. The Morgan fingerprint density at radius 2 is 2.05 bits per heavy atom. The molecule has 0 aliphatic heterocycles. The van der Waals surface area contributed by atoms with E-state index >= 15 is 0 Å². The monoisotopic (exact) mass is 274 g/mol. The van der Waals surface area contributed by atoms with Crippen LogP contribution in [0.1, 0.15) is 30.2 Å². The van der Waals surface area contributed by atoms with Gasteiger partial charge in [0.1, 0.15) is 5.82 Å². The number of nitrogens with one attached hydrogen (secondary N) is 2. The molecule has 2 rings (SSSR count). The normalized spacial score (nSPS) is 10.6. The molecule has 6 heteroatoms. The van der Waals surface area contributed by atoms with Crippen LogP contribution in [0.15, 0.2) is 12.4 Å². The topological polar surface area (TPSA) is 67.7 Å². The van der Waals surface area contributed by atoms with Crippen molar-refractivity contribution in [3.05, 3.63) is 29.2 Å². The number of hydrogen-bond acceptors (Lipinski definition) is 5. The Balaban J connectivity index is 2.06. The van der Waals surface area contributed by atoms with Crippen molar-refractivity contribution in [1.29, 1.82) is 0 Å². The van der Waals surface area contributed by atoms with Gasteiger partial charge in [-0.05, 0) is 20.3 Å². The van der Waals surface area contributed by atoms with Gasteiger partial charge in [0.05, 0.1) is 5.69 Å². The number of aryl methyl sites for hydroxylation is 3. The molecular formula is C14H22N6. The minimum atomic E-state index is 0.669. The van der Waals surface area contributed by atoms with E-state index in [0.717, 1.165) is 30.0 Å². The largest absolute Gasteiger partial charge is 0.365 e. The van der Waals surface area contributed by atoms with E-state index in [4.69, 9.17) is 0 Å². The van der Waals surface area contributed by atoms with Gasteiger partial charge in [0.15, 0.2) is 0 Å². The molecule has 0 unspecified atom stereocenters. The van der Waals surface area contributed by atoms with Crippen LogP contribution >= 0.6 is 0 Å². The third-order valence-corrected chi connectivity index (χ3v) is 3.07. The molecule has 2 aromatic heterocycles. The lowest BCUT2D eigenvalue weighted by atomic mass is 10.2. The minimum absolute atomic E-state index is 0.669. The summed E-state index contributed by atoms with van der Waals surface area (Å²) in [5, 5.41) is 10.9. The van der Waals surface area contributed by atoms with Gasteiger partial charge in [0, 0.05) is 43.7 Å². The van der Waals surface area contributed by atoms with Gasteiger partial charge in [0.25, 0.3) is 0 Å². The van der Waals surface area contributed by atoms with Crippen molar-refractivity contribution < 1.29 is 0 Å². The molecular weight excluding hydrogens is 252 g/mol. The Morgan fingerprint density at radius 3 is 2.70 bits per heavy atom. The first-order valence-corrected chi connectivity index (χ1v) is 6.90. The second-order valence-corrected chi connectivity index (χ2v) is 4.92. The summed E-state index contributed by atoms with van der Waals surface area (Å²) in [4.78, 5) is 8.78. The molecule has 0 spiro atoms. The summed E-state index contributed by atoms with van der Waals surface area (Å²) in [6.07, 6.45) is 4.91. The summed E-state index contributed by atoms with van der Waals surface area (Å²) in [5.74, 6) is 1.53. The van der Waals surface area contributed by atoms with Crippen LogP contribution in [-0.4, -0.2) is 26.3 Å². The van der Waals surface area contributed by atoms with Gasteiger partial charge in [-0.1, -0.05) is 6.92 Å². The van der Waals surface area contributed by atoms with Crippen LogP contribution in [0.2, 0.25) is 0 Å². The summed E-state index contributed by atoms with van der Waals surface area (Å²) in [6, 6.07) is 0. The molecule has 2 aromatic rings. The van der Waals surface area contributed by atoms with Crippen LogP contribution in [0, 0.1) is 13.8 Å². The average molecular weight is 274 g/mol. The van der Waals surface area contributed by atoms with Crippen LogP contribution in [0.4, 0.5) is 11.8 Å². The predicted octanol–water partition coefficient (Wildman–Crippen LogP) is 2.26. The summed E-state index contributed by atoms with van der Waals surface area (Å²) >= 11 is 0. The highest BCUT2D eigenvalue weighted by Crippen LogP contribution is 2.14. The average Bonchev–Trinajstić information content (AvgIpc) is 2.74. The van der Waals surface area contributed by atoms with E-state index in [1.807, 2.05) is 38.0 Å². The van der Waals surface area contributed by atoms with Crippen molar-refractivity contribution in [2.75, 3.05) is 17.2 Å². The van der Waals surface area contributed by atoms with Crippen LogP contribution in [0.25, 0.3) is 0 Å². The Labute approximate surface area is 119 Å². The van der Waals surface area contributed by atoms with Gasteiger partial charge in [-0.15, -0.1) is 0 Å². The highest BCUT2D eigenvalue weighted by atomic mass is 15.3. The van der Waals surface area contributed by atoms with Crippen molar-refractivity contribution in [1.82, 2.24) is 19.7 Å². The van der Waals surface area contributed by atoms with Crippen molar-refractivity contribution in [3.8, 4) is 0 Å². The summed E-state index contributed by atoms with van der Waals surface area (Å²) in [6.45, 7) is 7.72. The fourth-order valence-corrected chi connectivity index (χ4v) is 1.94. The standard InChI is InChI=1S/C14H22N6/c1-5-6-15-14-17-7-10(2)13(18-14)16-8-12-9-20(4)19-11(12)3/h7,9H,5-6,8H2,1-4H3,(H2,15,16,17,18). The van der Waals surface area contributed by atoms with Crippen LogP contribution in [-0.2, 0) is 13.6 Å². The lowest BCUT2D eigenvalue weighted by molar-refractivity contribution is 0.756. The molecule has 108 valence electrons. The second-order valence-electron chi connectivity index (χ2n) is 4.92. The fourth-order valence-electron chi connectivity index (χ4n) is 1.94. The van der Waals surface area contributed by atoms with Crippen molar-refractivity contribution in [3.63, 3.8) is 0 Å². The van der Waals surface area contributed by atoms with Gasteiger partial charge in [0.2, 0.25) is 5.95 Å². The molecule has 20 heavy (non-hydrogen) atoms.